The Bertz CT molecular complexity index is 248. The second kappa shape index (κ2) is 2.94. The largest absolute Gasteiger partial charge is 0.394 e. The van der Waals surface area contributed by atoms with Crippen LogP contribution in [0.1, 0.15) is 5.69 Å². The predicted octanol–water partition coefficient (Wildman–Crippen LogP) is -0.858. The van der Waals surface area contributed by atoms with Crippen LogP contribution >= 0.6 is 0 Å². The molecule has 1 aromatic heterocycles. The fraction of sp³-hybridized carbons (Fsp3) is 0.400. The normalized spacial score (nSPS) is 9.20. The summed E-state index contributed by atoms with van der Waals surface area (Å²) >= 11 is 0. The fourth-order valence-electron chi connectivity index (χ4n) is 0.561. The van der Waals surface area contributed by atoms with E-state index in [1.165, 1.54) is 10.9 Å². The van der Waals surface area contributed by atoms with Crippen LogP contribution in [0.3, 0.4) is 0 Å². The van der Waals surface area contributed by atoms with Gasteiger partial charge >= 0.3 is 0 Å². The Balaban J connectivity index is 2.71. The van der Waals surface area contributed by atoms with E-state index in [-0.39, 0.29) is 12.3 Å². The Kier molecular flexibility index (Phi) is 1.97. The molecule has 0 aromatic carbocycles. The van der Waals surface area contributed by atoms with Gasteiger partial charge in [0.15, 0.2) is 5.69 Å². The van der Waals surface area contributed by atoms with Crippen LogP contribution in [0.15, 0.2) is 6.20 Å². The molecule has 0 unspecified atom stereocenters. The molecule has 0 spiro atoms. The average Bonchev–Trinajstić information content (AvgIpc) is 2.37. The van der Waals surface area contributed by atoms with Crippen molar-refractivity contribution in [2.75, 3.05) is 6.61 Å². The number of nitriles is 1. The smallest absolute Gasteiger partial charge is 0.182 e. The van der Waals surface area contributed by atoms with E-state index in [4.69, 9.17) is 10.4 Å². The van der Waals surface area contributed by atoms with Gasteiger partial charge in [0.1, 0.15) is 6.07 Å². The number of aliphatic hydroxyl groups excluding tert-OH is 1. The molecule has 5 nitrogen and oxygen atoms in total. The molecule has 0 saturated carbocycles. The molecule has 0 saturated heterocycles. The van der Waals surface area contributed by atoms with Crippen LogP contribution in [-0.4, -0.2) is 26.7 Å². The van der Waals surface area contributed by atoms with Gasteiger partial charge in [0.25, 0.3) is 0 Å². The van der Waals surface area contributed by atoms with Crippen LogP contribution in [0.4, 0.5) is 0 Å². The van der Waals surface area contributed by atoms with Gasteiger partial charge in [0.2, 0.25) is 0 Å². The summed E-state index contributed by atoms with van der Waals surface area (Å²) in [6, 6.07) is 1.83. The van der Waals surface area contributed by atoms with Crippen LogP contribution in [0.2, 0.25) is 0 Å². The third-order valence-corrected chi connectivity index (χ3v) is 0.982. The SMILES string of the molecule is N#Cc1cn(CCO)nn1. The van der Waals surface area contributed by atoms with Crippen molar-refractivity contribution in [3.8, 4) is 6.07 Å². The molecule has 0 radical (unpaired) electrons. The molecule has 0 aliphatic carbocycles. The Morgan fingerprint density at radius 2 is 2.60 bits per heavy atom. The summed E-state index contributed by atoms with van der Waals surface area (Å²) in [5, 5.41) is 23.8. The summed E-state index contributed by atoms with van der Waals surface area (Å²) in [7, 11) is 0. The number of rotatable bonds is 2. The highest BCUT2D eigenvalue weighted by molar-refractivity contribution is 5.12. The first-order valence-corrected chi connectivity index (χ1v) is 2.78. The van der Waals surface area contributed by atoms with E-state index < -0.39 is 0 Å². The van der Waals surface area contributed by atoms with Crippen LogP contribution in [0.5, 0.6) is 0 Å². The van der Waals surface area contributed by atoms with Gasteiger partial charge in [-0.1, -0.05) is 5.21 Å². The molecule has 52 valence electrons. The molecule has 0 aliphatic heterocycles. The highest BCUT2D eigenvalue weighted by Gasteiger charge is 1.95. The highest BCUT2D eigenvalue weighted by atomic mass is 16.3. The standard InChI is InChI=1S/C5H6N4O/c6-3-5-4-9(1-2-10)8-7-5/h4,10H,1-2H2. The van der Waals surface area contributed by atoms with Crippen LogP contribution in [0.25, 0.3) is 0 Å². The zero-order chi connectivity index (χ0) is 7.40. The van der Waals surface area contributed by atoms with Gasteiger partial charge in [-0.3, -0.25) is 0 Å². The molecular formula is C5H6N4O. The molecule has 10 heavy (non-hydrogen) atoms. The van der Waals surface area contributed by atoms with Crippen molar-refractivity contribution in [3.05, 3.63) is 11.9 Å². The van der Waals surface area contributed by atoms with Crippen molar-refractivity contribution in [2.24, 2.45) is 0 Å². The first kappa shape index (κ1) is 6.71. The maximum atomic E-state index is 8.43. The van der Waals surface area contributed by atoms with Gasteiger partial charge in [0.05, 0.1) is 19.3 Å². The summed E-state index contributed by atoms with van der Waals surface area (Å²) in [5.74, 6) is 0. The van der Waals surface area contributed by atoms with E-state index in [9.17, 15) is 0 Å². The Morgan fingerprint density at radius 3 is 3.10 bits per heavy atom. The maximum Gasteiger partial charge on any atom is 0.182 e. The number of hydrogen-bond acceptors (Lipinski definition) is 4. The first-order valence-electron chi connectivity index (χ1n) is 2.78. The monoisotopic (exact) mass is 138 g/mol. The van der Waals surface area contributed by atoms with Crippen molar-refractivity contribution in [1.82, 2.24) is 15.0 Å². The molecule has 0 bridgehead atoms. The van der Waals surface area contributed by atoms with Crippen molar-refractivity contribution in [1.29, 1.82) is 5.26 Å². The van der Waals surface area contributed by atoms with Crippen molar-refractivity contribution >= 4 is 0 Å². The summed E-state index contributed by atoms with van der Waals surface area (Å²) in [6.07, 6.45) is 1.48. The highest BCUT2D eigenvalue weighted by Crippen LogP contribution is 1.87. The number of nitrogens with zero attached hydrogens (tertiary/aromatic N) is 4. The molecule has 1 aromatic rings. The van der Waals surface area contributed by atoms with E-state index in [2.05, 4.69) is 10.3 Å². The van der Waals surface area contributed by atoms with Crippen molar-refractivity contribution in [3.63, 3.8) is 0 Å². The first-order chi connectivity index (χ1) is 4.86. The average molecular weight is 138 g/mol. The van der Waals surface area contributed by atoms with E-state index in [1.807, 2.05) is 6.07 Å². The van der Waals surface area contributed by atoms with E-state index in [1.54, 1.807) is 0 Å². The quantitative estimate of drug-likeness (QED) is 0.577. The van der Waals surface area contributed by atoms with E-state index in [0.29, 0.717) is 6.54 Å². The summed E-state index contributed by atoms with van der Waals surface area (Å²) < 4.78 is 1.42. The summed E-state index contributed by atoms with van der Waals surface area (Å²) in [5.41, 5.74) is 0.272. The molecule has 1 heterocycles. The molecule has 1 rings (SSSR count). The molecule has 0 amide bonds. The van der Waals surface area contributed by atoms with Crippen molar-refractivity contribution < 1.29 is 5.11 Å². The number of aromatic nitrogens is 3. The molecule has 1 N–H and O–H groups in total. The van der Waals surface area contributed by atoms with Gasteiger partial charge in [-0.15, -0.1) is 5.10 Å². The zero-order valence-corrected chi connectivity index (χ0v) is 5.23. The van der Waals surface area contributed by atoms with Crippen LogP contribution in [-0.2, 0) is 6.54 Å². The van der Waals surface area contributed by atoms with Gasteiger partial charge in [-0.2, -0.15) is 5.26 Å². The number of hydrogen-bond donors (Lipinski definition) is 1. The third-order valence-electron chi connectivity index (χ3n) is 0.982. The van der Waals surface area contributed by atoms with Gasteiger partial charge < -0.3 is 5.11 Å². The molecule has 0 aliphatic rings. The van der Waals surface area contributed by atoms with E-state index >= 15 is 0 Å². The van der Waals surface area contributed by atoms with Crippen LogP contribution in [0, 0.1) is 11.3 Å². The molecule has 0 atom stereocenters. The van der Waals surface area contributed by atoms with E-state index in [0.717, 1.165) is 0 Å². The minimum absolute atomic E-state index is 0.00816. The van der Waals surface area contributed by atoms with Crippen molar-refractivity contribution in [2.45, 2.75) is 6.54 Å². The number of aliphatic hydroxyl groups is 1. The van der Waals surface area contributed by atoms with Crippen LogP contribution < -0.4 is 0 Å². The molecule has 5 heteroatoms. The maximum absolute atomic E-state index is 8.43. The lowest BCUT2D eigenvalue weighted by Gasteiger charge is -1.90. The fourth-order valence-corrected chi connectivity index (χ4v) is 0.561. The Hall–Kier alpha value is -1.41. The lowest BCUT2D eigenvalue weighted by Crippen LogP contribution is -2.01. The summed E-state index contributed by atoms with van der Waals surface area (Å²) in [4.78, 5) is 0. The molecular weight excluding hydrogens is 132 g/mol. The zero-order valence-electron chi connectivity index (χ0n) is 5.23. The minimum Gasteiger partial charge on any atom is -0.394 e. The van der Waals surface area contributed by atoms with Gasteiger partial charge in [-0.05, 0) is 0 Å². The third kappa shape index (κ3) is 1.30. The second-order valence-electron chi connectivity index (χ2n) is 1.70. The Morgan fingerprint density at radius 1 is 1.80 bits per heavy atom. The second-order valence-corrected chi connectivity index (χ2v) is 1.70. The lowest BCUT2D eigenvalue weighted by atomic mass is 10.5. The summed E-state index contributed by atoms with van der Waals surface area (Å²) in [6.45, 7) is 0.392. The Labute approximate surface area is 57.5 Å². The van der Waals surface area contributed by atoms with Gasteiger partial charge in [0, 0.05) is 0 Å². The predicted molar refractivity (Wildman–Crippen MR) is 31.8 cm³/mol. The lowest BCUT2D eigenvalue weighted by molar-refractivity contribution is 0.268. The topological polar surface area (TPSA) is 74.7 Å². The molecule has 0 fully saturated rings. The minimum atomic E-state index is 0.00816. The van der Waals surface area contributed by atoms with Gasteiger partial charge in [-0.25, -0.2) is 4.68 Å².